The lowest BCUT2D eigenvalue weighted by atomic mass is 9.69. The summed E-state index contributed by atoms with van der Waals surface area (Å²) in [5.41, 5.74) is -1.74. The molecule has 0 radical (unpaired) electrons. The molecule has 8 atom stereocenters. The Kier molecular flexibility index (Phi) is 5.19. The Morgan fingerprint density at radius 1 is 1.20 bits per heavy atom. The van der Waals surface area contributed by atoms with Gasteiger partial charge in [0, 0.05) is 5.56 Å². The number of aliphatic hydroxyl groups is 2. The number of allylic oxidation sites excluding steroid dienone is 2. The van der Waals surface area contributed by atoms with Crippen molar-refractivity contribution in [2.24, 2.45) is 5.41 Å². The highest BCUT2D eigenvalue weighted by Gasteiger charge is 2.73. The van der Waals surface area contributed by atoms with Crippen molar-refractivity contribution in [2.45, 2.75) is 70.1 Å². The summed E-state index contributed by atoms with van der Waals surface area (Å²) in [6, 6.07) is 1.29. The van der Waals surface area contributed by atoms with E-state index in [1.165, 1.54) is 13.2 Å². The molecule has 4 rings (SSSR count). The van der Waals surface area contributed by atoms with Crippen molar-refractivity contribution in [1.29, 1.82) is 0 Å². The first kappa shape index (κ1) is 21.3. The lowest BCUT2D eigenvalue weighted by Crippen LogP contribution is -2.54. The van der Waals surface area contributed by atoms with Crippen molar-refractivity contribution >= 4 is 6.08 Å². The summed E-state index contributed by atoms with van der Waals surface area (Å²) in [6.45, 7) is 7.18. The molecule has 1 aromatic heterocycles. The Labute approximate surface area is 174 Å². The van der Waals surface area contributed by atoms with E-state index in [0.29, 0.717) is 17.1 Å². The van der Waals surface area contributed by atoms with E-state index in [9.17, 15) is 15.0 Å². The molecule has 8 unspecified atom stereocenters. The van der Waals surface area contributed by atoms with Gasteiger partial charge in [-0.1, -0.05) is 18.2 Å². The molecule has 3 saturated heterocycles. The van der Waals surface area contributed by atoms with Crippen LogP contribution >= 0.6 is 0 Å². The first-order valence-corrected chi connectivity index (χ1v) is 10.0. The van der Waals surface area contributed by atoms with Gasteiger partial charge in [-0.25, -0.2) is 4.79 Å². The topological polar surface area (TPSA) is 108 Å². The Morgan fingerprint density at radius 2 is 1.93 bits per heavy atom. The number of ether oxygens (including phenoxy) is 4. The van der Waals surface area contributed by atoms with Crippen molar-refractivity contribution in [3.8, 4) is 5.75 Å². The van der Waals surface area contributed by atoms with Gasteiger partial charge in [-0.05, 0) is 33.8 Å². The molecule has 8 nitrogen and oxygen atoms in total. The molecular weight excluding hydrogens is 392 g/mol. The minimum Gasteiger partial charge on any atom is -0.496 e. The summed E-state index contributed by atoms with van der Waals surface area (Å²) in [5.74, 6) is 0.845. The second-order valence-electron chi connectivity index (χ2n) is 8.52. The zero-order valence-electron chi connectivity index (χ0n) is 17.7. The SMILES string of the molecule is COc1cc(=O)oc(C=CC=CC2OC3C(OC4OC(C)C(C)(O)C43C)C2O)c1C. The van der Waals surface area contributed by atoms with Gasteiger partial charge in [0.2, 0.25) is 0 Å². The maximum absolute atomic E-state index is 11.6. The average Bonchev–Trinajstić information content (AvgIpc) is 3.21. The third-order valence-corrected chi connectivity index (χ3v) is 6.92. The largest absolute Gasteiger partial charge is 0.496 e. The van der Waals surface area contributed by atoms with Crippen molar-refractivity contribution < 1.29 is 33.6 Å². The summed E-state index contributed by atoms with van der Waals surface area (Å²) in [6.07, 6.45) is 3.12. The standard InChI is InChI=1S/C22H28O8/c1-11-13(28-16(23)10-15(11)26-5)8-6-7-9-14-17(24)18-19(29-14)21(3)20(30-18)27-12(2)22(21,4)25/h6-10,12,14,17-20,24-25H,1-5H3. The molecule has 0 saturated carbocycles. The monoisotopic (exact) mass is 420 g/mol. The van der Waals surface area contributed by atoms with E-state index in [4.69, 9.17) is 23.4 Å². The average molecular weight is 420 g/mol. The van der Waals surface area contributed by atoms with Gasteiger partial charge in [0.05, 0.1) is 24.7 Å². The van der Waals surface area contributed by atoms with Crippen LogP contribution in [0.5, 0.6) is 5.75 Å². The van der Waals surface area contributed by atoms with Gasteiger partial charge in [0.1, 0.15) is 41.5 Å². The van der Waals surface area contributed by atoms with Crippen LogP contribution in [0.15, 0.2) is 33.5 Å². The number of fused-ring (bicyclic) bond motifs is 3. The van der Waals surface area contributed by atoms with Gasteiger partial charge < -0.3 is 33.6 Å². The van der Waals surface area contributed by atoms with E-state index in [1.807, 2.05) is 6.92 Å². The molecule has 30 heavy (non-hydrogen) atoms. The Morgan fingerprint density at radius 3 is 2.63 bits per heavy atom. The van der Waals surface area contributed by atoms with Gasteiger partial charge in [0.25, 0.3) is 0 Å². The van der Waals surface area contributed by atoms with E-state index in [2.05, 4.69) is 0 Å². The molecule has 164 valence electrons. The second kappa shape index (κ2) is 7.32. The molecule has 1 aromatic rings. The fraction of sp³-hybridized carbons (Fsp3) is 0.591. The van der Waals surface area contributed by atoms with Crippen LogP contribution in [0.3, 0.4) is 0 Å². The molecule has 3 aliphatic heterocycles. The molecule has 8 heteroatoms. The van der Waals surface area contributed by atoms with Crippen molar-refractivity contribution in [1.82, 2.24) is 0 Å². The molecule has 0 aromatic carbocycles. The van der Waals surface area contributed by atoms with Crippen molar-refractivity contribution in [2.75, 3.05) is 7.11 Å². The lowest BCUT2D eigenvalue weighted by molar-refractivity contribution is -0.165. The smallest absolute Gasteiger partial charge is 0.339 e. The summed E-state index contributed by atoms with van der Waals surface area (Å²) in [7, 11) is 1.49. The van der Waals surface area contributed by atoms with Crippen LogP contribution in [0.2, 0.25) is 0 Å². The number of hydrogen-bond donors (Lipinski definition) is 2. The van der Waals surface area contributed by atoms with Crippen LogP contribution in [0, 0.1) is 12.3 Å². The van der Waals surface area contributed by atoms with Gasteiger partial charge >= 0.3 is 5.63 Å². The van der Waals surface area contributed by atoms with E-state index < -0.39 is 53.5 Å². The summed E-state index contributed by atoms with van der Waals surface area (Å²) in [5, 5.41) is 21.7. The molecule has 3 fully saturated rings. The van der Waals surface area contributed by atoms with Crippen LogP contribution in [-0.2, 0) is 14.2 Å². The maximum atomic E-state index is 11.6. The van der Waals surface area contributed by atoms with Crippen LogP contribution in [0.4, 0.5) is 0 Å². The molecule has 0 amide bonds. The molecule has 2 N–H and O–H groups in total. The summed E-state index contributed by atoms with van der Waals surface area (Å²) >= 11 is 0. The quantitative estimate of drug-likeness (QED) is 0.707. The van der Waals surface area contributed by atoms with Gasteiger partial charge in [-0.2, -0.15) is 0 Å². The number of hydrogen-bond acceptors (Lipinski definition) is 8. The Hall–Kier alpha value is -1.97. The van der Waals surface area contributed by atoms with Crippen LogP contribution in [-0.4, -0.2) is 59.7 Å². The van der Waals surface area contributed by atoms with Crippen LogP contribution in [0.25, 0.3) is 6.08 Å². The number of aliphatic hydroxyl groups excluding tert-OH is 1. The predicted octanol–water partition coefficient (Wildman–Crippen LogP) is 1.56. The predicted molar refractivity (Wildman–Crippen MR) is 107 cm³/mol. The van der Waals surface area contributed by atoms with Crippen molar-refractivity contribution in [3.63, 3.8) is 0 Å². The maximum Gasteiger partial charge on any atom is 0.339 e. The third kappa shape index (κ3) is 2.98. The number of methoxy groups -OCH3 is 1. The normalized spacial score (nSPS) is 42.9. The highest BCUT2D eigenvalue weighted by atomic mass is 16.7. The first-order valence-electron chi connectivity index (χ1n) is 10.0. The molecule has 0 aliphatic carbocycles. The summed E-state index contributed by atoms with van der Waals surface area (Å²) < 4.78 is 28.2. The molecule has 3 aliphatic rings. The molecule has 0 bridgehead atoms. The highest BCUT2D eigenvalue weighted by Crippen LogP contribution is 2.58. The zero-order chi connectivity index (χ0) is 21.8. The molecule has 4 heterocycles. The fourth-order valence-electron chi connectivity index (χ4n) is 4.60. The van der Waals surface area contributed by atoms with Crippen LogP contribution < -0.4 is 10.4 Å². The van der Waals surface area contributed by atoms with Crippen LogP contribution in [0.1, 0.15) is 32.1 Å². The van der Waals surface area contributed by atoms with Gasteiger partial charge in [-0.15, -0.1) is 0 Å². The summed E-state index contributed by atoms with van der Waals surface area (Å²) in [4.78, 5) is 11.6. The van der Waals surface area contributed by atoms with Gasteiger partial charge in [-0.3, -0.25) is 0 Å². The third-order valence-electron chi connectivity index (χ3n) is 6.92. The fourth-order valence-corrected chi connectivity index (χ4v) is 4.60. The Balaban J connectivity index is 1.49. The van der Waals surface area contributed by atoms with Gasteiger partial charge in [0.15, 0.2) is 6.29 Å². The number of rotatable bonds is 4. The van der Waals surface area contributed by atoms with E-state index >= 15 is 0 Å². The van der Waals surface area contributed by atoms with E-state index in [-0.39, 0.29) is 0 Å². The Bertz CT molecular complexity index is 932. The highest BCUT2D eigenvalue weighted by molar-refractivity contribution is 5.52. The molecular formula is C22H28O8. The second-order valence-corrected chi connectivity index (χ2v) is 8.52. The molecule has 0 spiro atoms. The van der Waals surface area contributed by atoms with E-state index in [0.717, 1.165) is 0 Å². The lowest BCUT2D eigenvalue weighted by Gasteiger charge is -2.38. The first-order chi connectivity index (χ1) is 14.1. The van der Waals surface area contributed by atoms with E-state index in [1.54, 1.807) is 45.1 Å². The minimum atomic E-state index is -1.16. The zero-order valence-corrected chi connectivity index (χ0v) is 17.7. The van der Waals surface area contributed by atoms with Crippen molar-refractivity contribution in [3.05, 3.63) is 46.0 Å². The minimum absolute atomic E-state index is 0.389.